The van der Waals surface area contributed by atoms with E-state index in [1.54, 1.807) is 0 Å². The molecule has 2 atom stereocenters. The number of fused-ring (bicyclic) bond motifs is 1. The van der Waals surface area contributed by atoms with Crippen LogP contribution in [0.15, 0.2) is 18.2 Å². The first kappa shape index (κ1) is 17.1. The van der Waals surface area contributed by atoms with E-state index in [4.69, 9.17) is 23.2 Å². The predicted molar refractivity (Wildman–Crippen MR) is 102 cm³/mol. The number of benzene rings is 1. The van der Waals surface area contributed by atoms with Crippen molar-refractivity contribution in [1.29, 1.82) is 0 Å². The summed E-state index contributed by atoms with van der Waals surface area (Å²) in [5.41, 5.74) is 1.30. The van der Waals surface area contributed by atoms with Gasteiger partial charge in [0.2, 0.25) is 0 Å². The zero-order valence-electron chi connectivity index (χ0n) is 14.4. The van der Waals surface area contributed by atoms with Crippen molar-refractivity contribution < 1.29 is 0 Å². The Morgan fingerprint density at radius 1 is 0.875 bits per heavy atom. The standard InChI is InChI=1S/C20H28Cl2N2/c21-17-9-8-15(13-18(17)22)14-24-12-11-23-10-4-7-19(23)20(24)16-5-2-1-3-6-16/h8-9,13,16,19-20H,1-7,10-12,14H2/t19-,20+/m1/s1. The SMILES string of the molecule is Clc1ccc(CN2CCN3CCC[C@@H]3[C@@H]2C2CCCCC2)cc1Cl. The van der Waals surface area contributed by atoms with Gasteiger partial charge in [0.05, 0.1) is 10.0 Å². The van der Waals surface area contributed by atoms with E-state index in [1.165, 1.54) is 70.1 Å². The molecule has 24 heavy (non-hydrogen) atoms. The molecule has 0 bridgehead atoms. The van der Waals surface area contributed by atoms with Gasteiger partial charge >= 0.3 is 0 Å². The van der Waals surface area contributed by atoms with Crippen molar-refractivity contribution in [3.05, 3.63) is 33.8 Å². The van der Waals surface area contributed by atoms with Crippen molar-refractivity contribution in [3.8, 4) is 0 Å². The average molecular weight is 367 g/mol. The van der Waals surface area contributed by atoms with Crippen LogP contribution in [0.1, 0.15) is 50.5 Å². The maximum atomic E-state index is 6.25. The van der Waals surface area contributed by atoms with Crippen LogP contribution in [0.5, 0.6) is 0 Å². The van der Waals surface area contributed by atoms with Gasteiger partial charge in [0.25, 0.3) is 0 Å². The third kappa shape index (κ3) is 3.49. The Labute approximate surface area is 156 Å². The van der Waals surface area contributed by atoms with Gasteiger partial charge < -0.3 is 0 Å². The highest BCUT2D eigenvalue weighted by Crippen LogP contribution is 2.38. The summed E-state index contributed by atoms with van der Waals surface area (Å²) in [7, 11) is 0. The van der Waals surface area contributed by atoms with Crippen LogP contribution < -0.4 is 0 Å². The Balaban J connectivity index is 1.55. The van der Waals surface area contributed by atoms with Gasteiger partial charge in [0, 0.05) is 31.7 Å². The quantitative estimate of drug-likeness (QED) is 0.723. The lowest BCUT2D eigenvalue weighted by Gasteiger charge is -2.49. The summed E-state index contributed by atoms with van der Waals surface area (Å²) in [6.07, 6.45) is 9.90. The van der Waals surface area contributed by atoms with E-state index >= 15 is 0 Å². The van der Waals surface area contributed by atoms with Gasteiger partial charge in [-0.2, -0.15) is 0 Å². The topological polar surface area (TPSA) is 6.48 Å². The molecule has 132 valence electrons. The molecule has 0 N–H and O–H groups in total. The molecule has 0 unspecified atom stereocenters. The summed E-state index contributed by atoms with van der Waals surface area (Å²) in [6.45, 7) is 4.75. The molecule has 1 aromatic carbocycles. The molecule has 4 heteroatoms. The molecule has 1 saturated carbocycles. The molecule has 0 amide bonds. The first-order chi connectivity index (χ1) is 11.7. The highest BCUT2D eigenvalue weighted by molar-refractivity contribution is 6.42. The van der Waals surface area contributed by atoms with Gasteiger partial charge in [-0.1, -0.05) is 48.5 Å². The molecule has 2 heterocycles. The molecule has 4 rings (SSSR count). The molecule has 2 saturated heterocycles. The van der Waals surface area contributed by atoms with Crippen LogP contribution >= 0.6 is 23.2 Å². The minimum absolute atomic E-state index is 0.657. The number of hydrogen-bond donors (Lipinski definition) is 0. The third-order valence-electron chi connectivity index (χ3n) is 6.41. The molecule has 0 aromatic heterocycles. The summed E-state index contributed by atoms with van der Waals surface area (Å²) in [4.78, 5) is 5.53. The second-order valence-corrected chi connectivity index (χ2v) is 8.67. The van der Waals surface area contributed by atoms with Gasteiger partial charge in [0.15, 0.2) is 0 Å². The zero-order valence-corrected chi connectivity index (χ0v) is 15.9. The van der Waals surface area contributed by atoms with E-state index in [0.717, 1.165) is 24.5 Å². The lowest BCUT2D eigenvalue weighted by atomic mass is 9.78. The van der Waals surface area contributed by atoms with E-state index < -0.39 is 0 Å². The summed E-state index contributed by atoms with van der Waals surface area (Å²) >= 11 is 12.3. The van der Waals surface area contributed by atoms with Crippen LogP contribution in [0.3, 0.4) is 0 Å². The lowest BCUT2D eigenvalue weighted by Crippen LogP contribution is -2.59. The van der Waals surface area contributed by atoms with Gasteiger partial charge in [-0.25, -0.2) is 0 Å². The van der Waals surface area contributed by atoms with Crippen molar-refractivity contribution in [3.63, 3.8) is 0 Å². The number of nitrogens with zero attached hydrogens (tertiary/aromatic N) is 2. The molecular weight excluding hydrogens is 339 g/mol. The highest BCUT2D eigenvalue weighted by atomic mass is 35.5. The monoisotopic (exact) mass is 366 g/mol. The van der Waals surface area contributed by atoms with Crippen molar-refractivity contribution in [2.75, 3.05) is 19.6 Å². The average Bonchev–Trinajstić information content (AvgIpc) is 3.07. The van der Waals surface area contributed by atoms with Gasteiger partial charge in [-0.3, -0.25) is 9.80 Å². The Bertz CT molecular complexity index is 571. The fourth-order valence-electron chi connectivity index (χ4n) is 5.31. The summed E-state index contributed by atoms with van der Waals surface area (Å²) in [5, 5.41) is 1.34. The normalized spacial score (nSPS) is 29.8. The van der Waals surface area contributed by atoms with E-state index in [1.807, 2.05) is 6.07 Å². The maximum absolute atomic E-state index is 6.25. The highest BCUT2D eigenvalue weighted by Gasteiger charge is 2.42. The minimum atomic E-state index is 0.657. The second-order valence-electron chi connectivity index (χ2n) is 7.85. The van der Waals surface area contributed by atoms with Crippen LogP contribution in [-0.2, 0) is 6.54 Å². The summed E-state index contributed by atoms with van der Waals surface area (Å²) in [6, 6.07) is 7.66. The minimum Gasteiger partial charge on any atom is -0.298 e. The molecule has 1 aliphatic carbocycles. The molecule has 2 nitrogen and oxygen atoms in total. The van der Waals surface area contributed by atoms with Gasteiger partial charge in [0.1, 0.15) is 0 Å². The van der Waals surface area contributed by atoms with E-state index in [2.05, 4.69) is 21.9 Å². The predicted octanol–water partition coefficient (Wildman–Crippen LogP) is 5.22. The van der Waals surface area contributed by atoms with Crippen LogP contribution in [0.2, 0.25) is 10.0 Å². The largest absolute Gasteiger partial charge is 0.298 e. The van der Waals surface area contributed by atoms with E-state index in [9.17, 15) is 0 Å². The molecular formula is C20H28Cl2N2. The molecule has 3 aliphatic rings. The summed E-state index contributed by atoms with van der Waals surface area (Å²) in [5.74, 6) is 0.882. The lowest BCUT2D eigenvalue weighted by molar-refractivity contribution is -0.00379. The number of halogens is 2. The van der Waals surface area contributed by atoms with Crippen molar-refractivity contribution in [2.24, 2.45) is 5.92 Å². The van der Waals surface area contributed by atoms with Crippen LogP contribution in [0.25, 0.3) is 0 Å². The van der Waals surface area contributed by atoms with Crippen LogP contribution in [-0.4, -0.2) is 41.5 Å². The van der Waals surface area contributed by atoms with Crippen molar-refractivity contribution in [2.45, 2.75) is 63.6 Å². The Morgan fingerprint density at radius 3 is 2.50 bits per heavy atom. The molecule has 0 radical (unpaired) electrons. The zero-order chi connectivity index (χ0) is 16.5. The Hall–Kier alpha value is -0.280. The summed E-state index contributed by atoms with van der Waals surface area (Å²) < 4.78 is 0. The first-order valence-corrected chi connectivity index (χ1v) is 10.4. The number of rotatable bonds is 3. The Kier molecular flexibility index (Phi) is 5.38. The second kappa shape index (κ2) is 7.53. The third-order valence-corrected chi connectivity index (χ3v) is 7.15. The molecule has 2 aliphatic heterocycles. The smallest absolute Gasteiger partial charge is 0.0595 e. The fraction of sp³-hybridized carbons (Fsp3) is 0.700. The van der Waals surface area contributed by atoms with Crippen molar-refractivity contribution >= 4 is 23.2 Å². The molecule has 0 spiro atoms. The maximum Gasteiger partial charge on any atom is 0.0595 e. The Morgan fingerprint density at radius 2 is 1.71 bits per heavy atom. The van der Waals surface area contributed by atoms with E-state index in [0.29, 0.717) is 10.0 Å². The van der Waals surface area contributed by atoms with E-state index in [-0.39, 0.29) is 0 Å². The number of piperazine rings is 1. The first-order valence-electron chi connectivity index (χ1n) is 9.64. The fourth-order valence-corrected chi connectivity index (χ4v) is 5.63. The van der Waals surface area contributed by atoms with Gasteiger partial charge in [-0.05, 0) is 55.8 Å². The van der Waals surface area contributed by atoms with Crippen molar-refractivity contribution in [1.82, 2.24) is 9.80 Å². The molecule has 3 fully saturated rings. The van der Waals surface area contributed by atoms with Crippen LogP contribution in [0, 0.1) is 5.92 Å². The molecule has 1 aromatic rings. The van der Waals surface area contributed by atoms with Gasteiger partial charge in [-0.15, -0.1) is 0 Å². The van der Waals surface area contributed by atoms with Crippen LogP contribution in [0.4, 0.5) is 0 Å². The number of hydrogen-bond acceptors (Lipinski definition) is 2.